The Morgan fingerprint density at radius 2 is 1.79 bits per heavy atom. The molecule has 6 nitrogen and oxygen atoms in total. The highest BCUT2D eigenvalue weighted by atomic mass is 16.5. The fourth-order valence-corrected chi connectivity index (χ4v) is 4.57. The Labute approximate surface area is 143 Å². The summed E-state index contributed by atoms with van der Waals surface area (Å²) in [4.78, 5) is 17.7. The van der Waals surface area contributed by atoms with Crippen LogP contribution in [0, 0.1) is 0 Å². The zero-order valence-electron chi connectivity index (χ0n) is 14.3. The zero-order chi connectivity index (χ0) is 16.4. The smallest absolute Gasteiger partial charge is 0.239 e. The highest BCUT2D eigenvalue weighted by Gasteiger charge is 2.38. The molecule has 3 fully saturated rings. The summed E-state index contributed by atoms with van der Waals surface area (Å²) in [6, 6.07) is 3.06. The number of carbonyl (C=O) groups excluding carboxylic acids is 1. The second-order valence-electron chi connectivity index (χ2n) is 7.28. The molecule has 0 radical (unpaired) electrons. The average Bonchev–Trinajstić information content (AvgIpc) is 3.34. The van der Waals surface area contributed by atoms with Gasteiger partial charge in [0.15, 0.2) is 0 Å². The SMILES string of the molecule is O=C([C@H]1CCCN1C1CCOCC1)N1CCC(n2cccn2)CC1. The summed E-state index contributed by atoms with van der Waals surface area (Å²) < 4.78 is 7.54. The van der Waals surface area contributed by atoms with Crippen molar-refractivity contribution >= 4 is 5.91 Å². The fourth-order valence-electron chi connectivity index (χ4n) is 4.57. The van der Waals surface area contributed by atoms with Crippen molar-refractivity contribution in [1.82, 2.24) is 19.6 Å². The van der Waals surface area contributed by atoms with E-state index in [1.54, 1.807) is 0 Å². The van der Waals surface area contributed by atoms with Crippen LogP contribution in [-0.2, 0) is 9.53 Å². The Morgan fingerprint density at radius 1 is 1.00 bits per heavy atom. The summed E-state index contributed by atoms with van der Waals surface area (Å²) in [6.45, 7) is 4.49. The van der Waals surface area contributed by atoms with E-state index in [2.05, 4.69) is 14.9 Å². The summed E-state index contributed by atoms with van der Waals surface area (Å²) >= 11 is 0. The monoisotopic (exact) mass is 332 g/mol. The summed E-state index contributed by atoms with van der Waals surface area (Å²) in [5, 5.41) is 4.35. The van der Waals surface area contributed by atoms with Crippen molar-refractivity contribution in [3.05, 3.63) is 18.5 Å². The Balaban J connectivity index is 1.35. The van der Waals surface area contributed by atoms with Crippen LogP contribution in [0.15, 0.2) is 18.5 Å². The molecule has 3 aliphatic heterocycles. The molecule has 4 rings (SSSR count). The van der Waals surface area contributed by atoms with E-state index >= 15 is 0 Å². The van der Waals surface area contributed by atoms with Gasteiger partial charge in [-0.05, 0) is 51.1 Å². The number of likely N-dealkylation sites (tertiary alicyclic amines) is 2. The van der Waals surface area contributed by atoms with Gasteiger partial charge in [-0.25, -0.2) is 0 Å². The molecule has 3 aliphatic rings. The van der Waals surface area contributed by atoms with Gasteiger partial charge in [0.2, 0.25) is 5.91 Å². The van der Waals surface area contributed by atoms with Crippen molar-refractivity contribution < 1.29 is 9.53 Å². The van der Waals surface area contributed by atoms with Crippen LogP contribution in [-0.4, -0.2) is 70.4 Å². The molecule has 0 unspecified atom stereocenters. The lowest BCUT2D eigenvalue weighted by Gasteiger charge is -2.39. The lowest BCUT2D eigenvalue weighted by atomic mass is 10.0. The number of ether oxygens (including phenoxy) is 1. The van der Waals surface area contributed by atoms with Crippen LogP contribution in [0.1, 0.15) is 44.6 Å². The van der Waals surface area contributed by atoms with Gasteiger partial charge >= 0.3 is 0 Å². The number of nitrogens with zero attached hydrogens (tertiary/aromatic N) is 4. The van der Waals surface area contributed by atoms with Gasteiger partial charge in [-0.1, -0.05) is 0 Å². The maximum Gasteiger partial charge on any atom is 0.239 e. The van der Waals surface area contributed by atoms with Crippen LogP contribution >= 0.6 is 0 Å². The lowest BCUT2D eigenvalue weighted by molar-refractivity contribution is -0.138. The minimum Gasteiger partial charge on any atom is -0.381 e. The maximum atomic E-state index is 13.1. The highest BCUT2D eigenvalue weighted by molar-refractivity contribution is 5.82. The molecule has 132 valence electrons. The topological polar surface area (TPSA) is 50.6 Å². The molecule has 1 aromatic heterocycles. The molecule has 0 spiro atoms. The average molecular weight is 332 g/mol. The van der Waals surface area contributed by atoms with Gasteiger partial charge in [-0.3, -0.25) is 14.4 Å². The molecule has 0 aromatic carbocycles. The quantitative estimate of drug-likeness (QED) is 0.845. The standard InChI is InChI=1S/C18H28N4O2/c23-18(17-3-1-9-21(17)15-6-13-24-14-7-15)20-11-4-16(5-12-20)22-10-2-8-19-22/h2,8,10,15-17H,1,3-7,9,11-14H2/t17-/m1/s1. The molecule has 0 N–H and O–H groups in total. The summed E-state index contributed by atoms with van der Waals surface area (Å²) in [6.07, 6.45) is 10.2. The summed E-state index contributed by atoms with van der Waals surface area (Å²) in [7, 11) is 0. The van der Waals surface area contributed by atoms with Gasteiger partial charge in [-0.2, -0.15) is 5.10 Å². The van der Waals surface area contributed by atoms with Gasteiger partial charge in [0, 0.05) is 44.7 Å². The largest absolute Gasteiger partial charge is 0.381 e. The number of amides is 1. The number of rotatable bonds is 3. The number of piperidine rings is 1. The Morgan fingerprint density at radius 3 is 2.50 bits per heavy atom. The Bertz CT molecular complexity index is 533. The van der Waals surface area contributed by atoms with E-state index < -0.39 is 0 Å². The van der Waals surface area contributed by atoms with Gasteiger partial charge < -0.3 is 9.64 Å². The minimum absolute atomic E-state index is 0.106. The normalized spacial score (nSPS) is 27.7. The maximum absolute atomic E-state index is 13.1. The van der Waals surface area contributed by atoms with Crippen molar-refractivity contribution in [3.63, 3.8) is 0 Å². The van der Waals surface area contributed by atoms with Gasteiger partial charge in [-0.15, -0.1) is 0 Å². The third-order valence-electron chi connectivity index (χ3n) is 5.91. The molecule has 1 amide bonds. The zero-order valence-corrected chi connectivity index (χ0v) is 14.3. The van der Waals surface area contributed by atoms with Crippen LogP contribution in [0.5, 0.6) is 0 Å². The van der Waals surface area contributed by atoms with Crippen LogP contribution in [0.2, 0.25) is 0 Å². The minimum atomic E-state index is 0.106. The number of carbonyl (C=O) groups is 1. The van der Waals surface area contributed by atoms with Crippen molar-refractivity contribution in [2.45, 2.75) is 56.7 Å². The van der Waals surface area contributed by atoms with Gasteiger partial charge in [0.25, 0.3) is 0 Å². The number of hydrogen-bond donors (Lipinski definition) is 0. The summed E-state index contributed by atoms with van der Waals surface area (Å²) in [5.41, 5.74) is 0. The molecule has 24 heavy (non-hydrogen) atoms. The Hall–Kier alpha value is -1.40. The second-order valence-corrected chi connectivity index (χ2v) is 7.28. The van der Waals surface area contributed by atoms with Crippen molar-refractivity contribution in [1.29, 1.82) is 0 Å². The lowest BCUT2D eigenvalue weighted by Crippen LogP contribution is -2.52. The van der Waals surface area contributed by atoms with Crippen LogP contribution in [0.25, 0.3) is 0 Å². The van der Waals surface area contributed by atoms with Crippen LogP contribution < -0.4 is 0 Å². The molecule has 6 heteroatoms. The molecule has 0 bridgehead atoms. The van der Waals surface area contributed by atoms with E-state index in [-0.39, 0.29) is 6.04 Å². The highest BCUT2D eigenvalue weighted by Crippen LogP contribution is 2.28. The third kappa shape index (κ3) is 3.22. The van der Waals surface area contributed by atoms with Crippen molar-refractivity contribution in [2.24, 2.45) is 0 Å². The van der Waals surface area contributed by atoms with E-state index in [1.165, 1.54) is 0 Å². The first-order valence-electron chi connectivity index (χ1n) is 9.44. The van der Waals surface area contributed by atoms with Crippen molar-refractivity contribution in [2.75, 3.05) is 32.8 Å². The van der Waals surface area contributed by atoms with E-state index in [4.69, 9.17) is 4.74 Å². The predicted molar refractivity (Wildman–Crippen MR) is 90.6 cm³/mol. The molecule has 3 saturated heterocycles. The molecule has 1 aromatic rings. The van der Waals surface area contributed by atoms with E-state index in [0.717, 1.165) is 71.4 Å². The van der Waals surface area contributed by atoms with Crippen molar-refractivity contribution in [3.8, 4) is 0 Å². The summed E-state index contributed by atoms with van der Waals surface area (Å²) in [5.74, 6) is 0.359. The molecule has 4 heterocycles. The predicted octanol–water partition coefficient (Wildman–Crippen LogP) is 1.69. The molecular weight excluding hydrogens is 304 g/mol. The van der Waals surface area contributed by atoms with E-state index in [9.17, 15) is 4.79 Å². The number of aromatic nitrogens is 2. The molecule has 1 atom stereocenters. The number of hydrogen-bond acceptors (Lipinski definition) is 4. The van der Waals surface area contributed by atoms with Crippen LogP contribution in [0.4, 0.5) is 0 Å². The Kier molecular flexibility index (Phi) is 4.85. The third-order valence-corrected chi connectivity index (χ3v) is 5.91. The molecule has 0 aliphatic carbocycles. The second kappa shape index (κ2) is 7.23. The fraction of sp³-hybridized carbons (Fsp3) is 0.778. The van der Waals surface area contributed by atoms with Gasteiger partial charge in [0.05, 0.1) is 12.1 Å². The molecule has 0 saturated carbocycles. The van der Waals surface area contributed by atoms with E-state index in [0.29, 0.717) is 18.0 Å². The molecular formula is C18H28N4O2. The first-order chi connectivity index (χ1) is 11.8. The first kappa shape index (κ1) is 16.1. The van der Waals surface area contributed by atoms with Gasteiger partial charge in [0.1, 0.15) is 0 Å². The van der Waals surface area contributed by atoms with E-state index in [1.807, 2.05) is 23.1 Å². The van der Waals surface area contributed by atoms with Crippen LogP contribution in [0.3, 0.4) is 0 Å². The first-order valence-corrected chi connectivity index (χ1v) is 9.44.